The number of anilines is 1. The van der Waals surface area contributed by atoms with Crippen molar-refractivity contribution in [1.82, 2.24) is 0 Å². The van der Waals surface area contributed by atoms with Crippen molar-refractivity contribution >= 4 is 11.7 Å². The van der Waals surface area contributed by atoms with Crippen LogP contribution in [0.4, 0.5) is 5.69 Å². The highest BCUT2D eigenvalue weighted by atomic mass is 16.5. The summed E-state index contributed by atoms with van der Waals surface area (Å²) in [5, 5.41) is 12.8. The molecule has 2 N–H and O–H groups in total. The second kappa shape index (κ2) is 6.20. The van der Waals surface area contributed by atoms with Crippen molar-refractivity contribution in [2.75, 3.05) is 11.9 Å². The first-order valence-electron chi connectivity index (χ1n) is 7.50. The molecule has 0 fully saturated rings. The van der Waals surface area contributed by atoms with E-state index in [0.29, 0.717) is 17.9 Å². The van der Waals surface area contributed by atoms with Gasteiger partial charge in [-0.3, -0.25) is 0 Å². The van der Waals surface area contributed by atoms with Gasteiger partial charge in [0.25, 0.3) is 0 Å². The lowest BCUT2D eigenvalue weighted by Gasteiger charge is -2.34. The number of ether oxygens (including phenoxy) is 1. The number of hydrogen-bond acceptors (Lipinski definition) is 3. The number of benzene rings is 2. The van der Waals surface area contributed by atoms with Crippen LogP contribution in [0.2, 0.25) is 0 Å². The van der Waals surface area contributed by atoms with Gasteiger partial charge in [0, 0.05) is 18.6 Å². The Morgan fingerprint density at radius 1 is 1.23 bits per heavy atom. The second-order valence-electron chi connectivity index (χ2n) is 5.36. The summed E-state index contributed by atoms with van der Waals surface area (Å²) in [6.45, 7) is 2.56. The molecule has 4 nitrogen and oxygen atoms in total. The normalized spacial score (nSPS) is 20.0. The maximum Gasteiger partial charge on any atom is 0.337 e. The van der Waals surface area contributed by atoms with E-state index in [1.807, 2.05) is 31.2 Å². The monoisotopic (exact) mass is 297 g/mol. The Labute approximate surface area is 129 Å². The zero-order valence-corrected chi connectivity index (χ0v) is 12.5. The van der Waals surface area contributed by atoms with E-state index in [1.54, 1.807) is 12.1 Å². The molecule has 0 saturated carbocycles. The predicted molar refractivity (Wildman–Crippen MR) is 85.2 cm³/mol. The van der Waals surface area contributed by atoms with Crippen molar-refractivity contribution in [2.24, 2.45) is 0 Å². The van der Waals surface area contributed by atoms with Gasteiger partial charge in [-0.05, 0) is 18.6 Å². The number of carboxylic acids is 1. The summed E-state index contributed by atoms with van der Waals surface area (Å²) in [6, 6.07) is 15.5. The minimum Gasteiger partial charge on any atom is -0.478 e. The minimum atomic E-state index is -0.923. The molecule has 2 aromatic carbocycles. The van der Waals surface area contributed by atoms with Crippen LogP contribution in [0.15, 0.2) is 48.5 Å². The van der Waals surface area contributed by atoms with E-state index in [0.717, 1.165) is 17.5 Å². The van der Waals surface area contributed by atoms with Gasteiger partial charge in [-0.1, -0.05) is 42.5 Å². The summed E-state index contributed by atoms with van der Waals surface area (Å²) in [7, 11) is 0. The quantitative estimate of drug-likeness (QED) is 0.895. The van der Waals surface area contributed by atoms with E-state index >= 15 is 0 Å². The summed E-state index contributed by atoms with van der Waals surface area (Å²) >= 11 is 0. The summed E-state index contributed by atoms with van der Waals surface area (Å²) in [5.74, 6) is -0.923. The third-order valence-corrected chi connectivity index (χ3v) is 4.01. The third kappa shape index (κ3) is 2.70. The number of para-hydroxylation sites is 1. The second-order valence-corrected chi connectivity index (χ2v) is 5.36. The molecule has 0 bridgehead atoms. The number of hydrogen-bond donors (Lipinski definition) is 2. The van der Waals surface area contributed by atoms with Crippen LogP contribution in [-0.4, -0.2) is 17.7 Å². The molecule has 0 aliphatic carbocycles. The van der Waals surface area contributed by atoms with Crippen molar-refractivity contribution < 1.29 is 14.6 Å². The van der Waals surface area contributed by atoms with Crippen molar-refractivity contribution in [3.8, 4) is 0 Å². The highest BCUT2D eigenvalue weighted by Gasteiger charge is 2.30. The van der Waals surface area contributed by atoms with Crippen molar-refractivity contribution in [2.45, 2.75) is 25.5 Å². The lowest BCUT2D eigenvalue weighted by Crippen LogP contribution is -2.25. The molecule has 0 unspecified atom stereocenters. The van der Waals surface area contributed by atoms with Gasteiger partial charge in [0.05, 0.1) is 23.4 Å². The van der Waals surface area contributed by atoms with Crippen LogP contribution in [0.1, 0.15) is 47.0 Å². The smallest absolute Gasteiger partial charge is 0.337 e. The fraction of sp³-hybridized carbons (Fsp3) is 0.278. The molecule has 1 aliphatic heterocycles. The Morgan fingerprint density at radius 2 is 2.00 bits per heavy atom. The first-order chi connectivity index (χ1) is 10.7. The third-order valence-electron chi connectivity index (χ3n) is 4.01. The summed E-state index contributed by atoms with van der Waals surface area (Å²) in [6.07, 6.45) is 0.694. The highest BCUT2D eigenvalue weighted by molar-refractivity contribution is 5.95. The topological polar surface area (TPSA) is 58.6 Å². The lowest BCUT2D eigenvalue weighted by molar-refractivity contribution is 0.0496. The lowest BCUT2D eigenvalue weighted by atomic mass is 9.89. The highest BCUT2D eigenvalue weighted by Crippen LogP contribution is 2.42. The maximum atomic E-state index is 11.5. The van der Waals surface area contributed by atoms with Crippen LogP contribution in [0, 0.1) is 0 Å². The van der Waals surface area contributed by atoms with E-state index in [2.05, 4.69) is 17.4 Å². The molecule has 114 valence electrons. The standard InChI is InChI=1S/C18H19NO3/c1-2-22-16-11-15(12-7-4-3-5-8-12)19-17-13(16)9-6-10-14(17)18(20)21/h3-10,15-16,19H,2,11H2,1H3,(H,20,21)/t15-,16+/m1/s1. The van der Waals surface area contributed by atoms with Crippen molar-refractivity contribution in [3.05, 3.63) is 65.2 Å². The number of carbonyl (C=O) groups is 1. The summed E-state index contributed by atoms with van der Waals surface area (Å²) in [5.41, 5.74) is 3.03. The van der Waals surface area contributed by atoms with Gasteiger partial charge in [-0.15, -0.1) is 0 Å². The molecule has 3 rings (SSSR count). The molecule has 0 radical (unpaired) electrons. The molecule has 4 heteroatoms. The first kappa shape index (κ1) is 14.6. The molecule has 1 aliphatic rings. The SMILES string of the molecule is CCO[C@H]1C[C@H](c2ccccc2)Nc2c(C(=O)O)cccc21. The molecule has 0 spiro atoms. The zero-order valence-electron chi connectivity index (χ0n) is 12.5. The Kier molecular flexibility index (Phi) is 4.11. The van der Waals surface area contributed by atoms with Gasteiger partial charge in [-0.2, -0.15) is 0 Å². The predicted octanol–water partition coefficient (Wildman–Crippen LogP) is 4.02. The van der Waals surface area contributed by atoms with E-state index in [4.69, 9.17) is 4.74 Å². The van der Waals surface area contributed by atoms with Crippen LogP contribution in [0.25, 0.3) is 0 Å². The first-order valence-corrected chi connectivity index (χ1v) is 7.50. The van der Waals surface area contributed by atoms with Gasteiger partial charge in [0.1, 0.15) is 0 Å². The van der Waals surface area contributed by atoms with Crippen molar-refractivity contribution in [3.63, 3.8) is 0 Å². The molecule has 0 amide bonds. The fourth-order valence-corrected chi connectivity index (χ4v) is 3.02. The zero-order chi connectivity index (χ0) is 15.5. The number of nitrogens with one attached hydrogen (secondary N) is 1. The molecular weight excluding hydrogens is 278 g/mol. The number of rotatable bonds is 4. The molecule has 22 heavy (non-hydrogen) atoms. The Hall–Kier alpha value is -2.33. The molecule has 2 atom stereocenters. The molecule has 0 aromatic heterocycles. The summed E-state index contributed by atoms with van der Waals surface area (Å²) in [4.78, 5) is 11.5. The van der Waals surface area contributed by atoms with Gasteiger partial charge in [0.2, 0.25) is 0 Å². The number of carboxylic acid groups (broad SMARTS) is 1. The van der Waals surface area contributed by atoms with Crippen LogP contribution < -0.4 is 5.32 Å². The van der Waals surface area contributed by atoms with E-state index < -0.39 is 5.97 Å². The van der Waals surface area contributed by atoms with Crippen LogP contribution >= 0.6 is 0 Å². The summed E-state index contributed by atoms with van der Waals surface area (Å²) < 4.78 is 5.86. The fourth-order valence-electron chi connectivity index (χ4n) is 3.02. The average molecular weight is 297 g/mol. The van der Waals surface area contributed by atoms with Crippen LogP contribution in [-0.2, 0) is 4.74 Å². The molecule has 2 aromatic rings. The molecular formula is C18H19NO3. The van der Waals surface area contributed by atoms with E-state index in [1.165, 1.54) is 0 Å². The molecule has 0 saturated heterocycles. The average Bonchev–Trinajstić information content (AvgIpc) is 2.55. The van der Waals surface area contributed by atoms with Crippen LogP contribution in [0.3, 0.4) is 0 Å². The van der Waals surface area contributed by atoms with Gasteiger partial charge >= 0.3 is 5.97 Å². The molecule has 1 heterocycles. The Balaban J connectivity index is 2.04. The van der Waals surface area contributed by atoms with E-state index in [-0.39, 0.29) is 12.1 Å². The van der Waals surface area contributed by atoms with E-state index in [9.17, 15) is 9.90 Å². The van der Waals surface area contributed by atoms with Gasteiger partial charge in [-0.25, -0.2) is 4.79 Å². The largest absolute Gasteiger partial charge is 0.478 e. The number of aromatic carboxylic acids is 1. The Bertz CT molecular complexity index is 669. The Morgan fingerprint density at radius 3 is 2.68 bits per heavy atom. The van der Waals surface area contributed by atoms with Crippen LogP contribution in [0.5, 0.6) is 0 Å². The minimum absolute atomic E-state index is 0.0470. The van der Waals surface area contributed by atoms with Gasteiger partial charge in [0.15, 0.2) is 0 Å². The van der Waals surface area contributed by atoms with Crippen molar-refractivity contribution in [1.29, 1.82) is 0 Å². The maximum absolute atomic E-state index is 11.5. The number of fused-ring (bicyclic) bond motifs is 1. The van der Waals surface area contributed by atoms with Gasteiger partial charge < -0.3 is 15.2 Å².